The highest BCUT2D eigenvalue weighted by Crippen LogP contribution is 2.28. The van der Waals surface area contributed by atoms with E-state index in [1.165, 1.54) is 0 Å². The number of rotatable bonds is 4. The Hall–Kier alpha value is -1.14. The molecule has 2 amide bonds. The summed E-state index contributed by atoms with van der Waals surface area (Å²) in [7, 11) is 0. The lowest BCUT2D eigenvalue weighted by molar-refractivity contribution is -0.0153. The summed E-state index contributed by atoms with van der Waals surface area (Å²) in [6, 6.07) is 0.293. The molecule has 1 aromatic rings. The Kier molecular flexibility index (Phi) is 5.45. The molecule has 1 aliphatic heterocycles. The van der Waals surface area contributed by atoms with Crippen molar-refractivity contribution in [3.63, 3.8) is 0 Å². The van der Waals surface area contributed by atoms with E-state index in [0.29, 0.717) is 32.4 Å². The molecule has 0 unspecified atom stereocenters. The molecular formula is C16H27N3O2S. The standard InChI is InChI=1S/C16H27N3O2S/c1-5-19(12(2)3)15(20)18-8-6-16(21,7-9-18)10-14-17-13(4)11-22-14/h11-12,21H,5-10H2,1-4H3. The van der Waals surface area contributed by atoms with Crippen molar-refractivity contribution in [2.24, 2.45) is 0 Å². The van der Waals surface area contributed by atoms with Gasteiger partial charge in [-0.1, -0.05) is 0 Å². The van der Waals surface area contributed by atoms with Gasteiger partial charge >= 0.3 is 6.03 Å². The van der Waals surface area contributed by atoms with Crippen molar-refractivity contribution in [2.75, 3.05) is 19.6 Å². The maximum absolute atomic E-state index is 12.5. The first-order valence-corrected chi connectivity index (χ1v) is 8.91. The number of urea groups is 1. The molecule has 1 saturated heterocycles. The smallest absolute Gasteiger partial charge is 0.320 e. The Balaban J connectivity index is 1.93. The molecule has 2 rings (SSSR count). The van der Waals surface area contributed by atoms with E-state index < -0.39 is 5.60 Å². The van der Waals surface area contributed by atoms with E-state index >= 15 is 0 Å². The van der Waals surface area contributed by atoms with Crippen LogP contribution in [0, 0.1) is 6.92 Å². The molecule has 2 heterocycles. The number of thiazole rings is 1. The zero-order valence-electron chi connectivity index (χ0n) is 14.0. The lowest BCUT2D eigenvalue weighted by Crippen LogP contribution is -2.53. The minimum absolute atomic E-state index is 0.0876. The van der Waals surface area contributed by atoms with E-state index in [2.05, 4.69) is 4.98 Å². The average Bonchev–Trinajstić information content (AvgIpc) is 2.84. The number of nitrogens with zero attached hydrogens (tertiary/aromatic N) is 3. The lowest BCUT2D eigenvalue weighted by atomic mass is 9.88. The Bertz CT molecular complexity index is 507. The molecule has 0 aliphatic carbocycles. The zero-order valence-corrected chi connectivity index (χ0v) is 14.8. The first-order valence-electron chi connectivity index (χ1n) is 8.03. The summed E-state index contributed by atoms with van der Waals surface area (Å²) in [5.74, 6) is 0. The topological polar surface area (TPSA) is 56.7 Å². The van der Waals surface area contributed by atoms with E-state index in [-0.39, 0.29) is 12.1 Å². The third kappa shape index (κ3) is 3.98. The van der Waals surface area contributed by atoms with Gasteiger partial charge in [0.2, 0.25) is 0 Å². The molecule has 5 nitrogen and oxygen atoms in total. The van der Waals surface area contributed by atoms with Crippen molar-refractivity contribution in [1.29, 1.82) is 0 Å². The Labute approximate surface area is 137 Å². The molecule has 124 valence electrons. The number of hydrogen-bond acceptors (Lipinski definition) is 4. The van der Waals surface area contributed by atoms with Crippen LogP contribution >= 0.6 is 11.3 Å². The maximum atomic E-state index is 12.5. The number of carbonyl (C=O) groups excluding carboxylic acids is 1. The Morgan fingerprint density at radius 1 is 1.50 bits per heavy atom. The van der Waals surface area contributed by atoms with Gasteiger partial charge in [0.15, 0.2) is 0 Å². The molecule has 1 aromatic heterocycles. The van der Waals surface area contributed by atoms with Crippen molar-refractivity contribution < 1.29 is 9.90 Å². The van der Waals surface area contributed by atoms with Crippen LogP contribution in [0.4, 0.5) is 4.79 Å². The number of piperidine rings is 1. The maximum Gasteiger partial charge on any atom is 0.320 e. The van der Waals surface area contributed by atoms with Crippen molar-refractivity contribution in [2.45, 2.75) is 58.6 Å². The van der Waals surface area contributed by atoms with Crippen LogP contribution in [0.15, 0.2) is 5.38 Å². The van der Waals surface area contributed by atoms with Crippen molar-refractivity contribution in [3.8, 4) is 0 Å². The fourth-order valence-corrected chi connectivity index (χ4v) is 3.87. The number of carbonyl (C=O) groups is 1. The Morgan fingerprint density at radius 2 is 2.14 bits per heavy atom. The van der Waals surface area contributed by atoms with Gasteiger partial charge in [-0.2, -0.15) is 0 Å². The summed E-state index contributed by atoms with van der Waals surface area (Å²) in [6.07, 6.45) is 1.83. The molecule has 0 aromatic carbocycles. The summed E-state index contributed by atoms with van der Waals surface area (Å²) < 4.78 is 0. The molecule has 1 N–H and O–H groups in total. The number of likely N-dealkylation sites (tertiary alicyclic amines) is 1. The first kappa shape index (κ1) is 17.2. The first-order chi connectivity index (χ1) is 10.3. The monoisotopic (exact) mass is 325 g/mol. The predicted molar refractivity (Wildman–Crippen MR) is 89.2 cm³/mol. The number of hydrogen-bond donors (Lipinski definition) is 1. The van der Waals surface area contributed by atoms with Crippen LogP contribution < -0.4 is 0 Å². The highest BCUT2D eigenvalue weighted by atomic mass is 32.1. The SMILES string of the molecule is CCN(C(=O)N1CCC(O)(Cc2nc(C)cs2)CC1)C(C)C. The molecule has 0 saturated carbocycles. The third-order valence-corrected chi connectivity index (χ3v) is 5.29. The summed E-state index contributed by atoms with van der Waals surface area (Å²) in [5.41, 5.74) is 0.280. The summed E-state index contributed by atoms with van der Waals surface area (Å²) in [5, 5.41) is 13.8. The molecule has 0 radical (unpaired) electrons. The van der Waals surface area contributed by atoms with Crippen molar-refractivity contribution >= 4 is 17.4 Å². The largest absolute Gasteiger partial charge is 0.389 e. The number of aryl methyl sites for hydroxylation is 1. The number of aromatic nitrogens is 1. The second-order valence-electron chi connectivity index (χ2n) is 6.43. The van der Waals surface area contributed by atoms with E-state index in [1.54, 1.807) is 11.3 Å². The van der Waals surface area contributed by atoms with Crippen LogP contribution in [0.1, 0.15) is 44.3 Å². The van der Waals surface area contributed by atoms with Crippen LogP contribution in [-0.4, -0.2) is 57.2 Å². The summed E-state index contributed by atoms with van der Waals surface area (Å²) in [6.45, 7) is 9.99. The highest BCUT2D eigenvalue weighted by Gasteiger charge is 2.36. The van der Waals surface area contributed by atoms with Crippen LogP contribution in [0.3, 0.4) is 0 Å². The predicted octanol–water partition coefficient (Wildman–Crippen LogP) is 2.67. The van der Waals surface area contributed by atoms with Gasteiger partial charge < -0.3 is 14.9 Å². The van der Waals surface area contributed by atoms with Gasteiger partial charge in [-0.15, -0.1) is 11.3 Å². The van der Waals surface area contributed by atoms with Crippen molar-refractivity contribution in [3.05, 3.63) is 16.1 Å². The van der Waals surface area contributed by atoms with E-state index in [0.717, 1.165) is 17.2 Å². The minimum atomic E-state index is -0.726. The van der Waals surface area contributed by atoms with Gasteiger partial charge in [-0.05, 0) is 40.5 Å². The van der Waals surface area contributed by atoms with E-state index in [9.17, 15) is 9.90 Å². The summed E-state index contributed by atoms with van der Waals surface area (Å²) >= 11 is 1.60. The highest BCUT2D eigenvalue weighted by molar-refractivity contribution is 7.09. The molecule has 1 fully saturated rings. The molecule has 0 bridgehead atoms. The Morgan fingerprint density at radius 3 is 2.59 bits per heavy atom. The second-order valence-corrected chi connectivity index (χ2v) is 7.38. The molecule has 22 heavy (non-hydrogen) atoms. The van der Waals surface area contributed by atoms with Crippen LogP contribution in [0.25, 0.3) is 0 Å². The van der Waals surface area contributed by atoms with Gasteiger partial charge in [0.25, 0.3) is 0 Å². The zero-order chi connectivity index (χ0) is 16.3. The lowest BCUT2D eigenvalue weighted by Gasteiger charge is -2.40. The normalized spacial score (nSPS) is 17.8. The average molecular weight is 325 g/mol. The van der Waals surface area contributed by atoms with Gasteiger partial charge in [0.05, 0.1) is 10.6 Å². The van der Waals surface area contributed by atoms with Crippen molar-refractivity contribution in [1.82, 2.24) is 14.8 Å². The molecule has 6 heteroatoms. The van der Waals surface area contributed by atoms with Crippen LogP contribution in [0.5, 0.6) is 0 Å². The minimum Gasteiger partial charge on any atom is -0.389 e. The summed E-state index contributed by atoms with van der Waals surface area (Å²) in [4.78, 5) is 20.7. The fourth-order valence-electron chi connectivity index (χ4n) is 2.96. The van der Waals surface area contributed by atoms with E-state index in [4.69, 9.17) is 0 Å². The van der Waals surface area contributed by atoms with Gasteiger partial charge in [0, 0.05) is 43.2 Å². The third-order valence-electron chi connectivity index (χ3n) is 4.32. The van der Waals surface area contributed by atoms with Gasteiger partial charge in [-0.25, -0.2) is 9.78 Å². The molecule has 0 atom stereocenters. The molecule has 0 spiro atoms. The number of aliphatic hydroxyl groups is 1. The van der Waals surface area contributed by atoms with Gasteiger partial charge in [0.1, 0.15) is 0 Å². The number of amides is 2. The van der Waals surface area contributed by atoms with Gasteiger partial charge in [-0.3, -0.25) is 0 Å². The van der Waals surface area contributed by atoms with Crippen LogP contribution in [0.2, 0.25) is 0 Å². The molecular weight excluding hydrogens is 298 g/mol. The van der Waals surface area contributed by atoms with Crippen LogP contribution in [-0.2, 0) is 6.42 Å². The quantitative estimate of drug-likeness (QED) is 0.926. The second kappa shape index (κ2) is 6.96. The molecule has 1 aliphatic rings. The van der Waals surface area contributed by atoms with E-state index in [1.807, 2.05) is 42.9 Å². The fraction of sp³-hybridized carbons (Fsp3) is 0.750.